The Bertz CT molecular complexity index is 114. The summed E-state index contributed by atoms with van der Waals surface area (Å²) in [5, 5.41) is 11.2. The van der Waals surface area contributed by atoms with Gasteiger partial charge in [-0.1, -0.05) is 6.92 Å². The largest absolute Gasteiger partial charge is 0.447 e. The molecule has 2 N–H and O–H groups in total. The summed E-state index contributed by atoms with van der Waals surface area (Å²) in [4.78, 5) is 10.7. The van der Waals surface area contributed by atoms with Gasteiger partial charge >= 0.3 is 6.09 Å². The molecule has 1 atom stereocenters. The standard InChI is InChI=1S/C7H15NO3/c1-3-4-8-7(10)11-5-6(2)9/h6,9H,3-5H2,1-2H3,(H,8,10). The van der Waals surface area contributed by atoms with E-state index in [0.717, 1.165) is 6.42 Å². The number of nitrogens with one attached hydrogen (secondary N) is 1. The molecule has 0 saturated heterocycles. The van der Waals surface area contributed by atoms with Crippen LogP contribution in [0.25, 0.3) is 0 Å². The third kappa shape index (κ3) is 7.12. The first-order valence-corrected chi connectivity index (χ1v) is 3.75. The highest BCUT2D eigenvalue weighted by atomic mass is 16.6. The van der Waals surface area contributed by atoms with Crippen LogP contribution in [0, 0.1) is 0 Å². The Morgan fingerprint density at radius 2 is 2.36 bits per heavy atom. The minimum absolute atomic E-state index is 0.0511. The fraction of sp³-hybridized carbons (Fsp3) is 0.857. The molecule has 11 heavy (non-hydrogen) atoms. The van der Waals surface area contributed by atoms with Crippen molar-refractivity contribution < 1.29 is 14.6 Å². The number of aliphatic hydroxyl groups excluding tert-OH is 1. The molecule has 0 aromatic rings. The van der Waals surface area contributed by atoms with Gasteiger partial charge in [-0.2, -0.15) is 0 Å². The van der Waals surface area contributed by atoms with Crippen molar-refractivity contribution in [3.05, 3.63) is 0 Å². The number of hydrogen-bond acceptors (Lipinski definition) is 3. The summed E-state index contributed by atoms with van der Waals surface area (Å²) in [5.41, 5.74) is 0. The van der Waals surface area contributed by atoms with Crippen molar-refractivity contribution in [2.75, 3.05) is 13.2 Å². The highest BCUT2D eigenvalue weighted by molar-refractivity contribution is 5.66. The average molecular weight is 161 g/mol. The number of amides is 1. The zero-order valence-electron chi connectivity index (χ0n) is 6.96. The Morgan fingerprint density at radius 3 is 2.82 bits per heavy atom. The van der Waals surface area contributed by atoms with Gasteiger partial charge in [0.25, 0.3) is 0 Å². The van der Waals surface area contributed by atoms with E-state index in [-0.39, 0.29) is 6.61 Å². The maximum absolute atomic E-state index is 10.7. The quantitative estimate of drug-likeness (QED) is 0.631. The predicted octanol–water partition coefficient (Wildman–Crippen LogP) is 0.503. The van der Waals surface area contributed by atoms with Crippen LogP contribution in [0.15, 0.2) is 0 Å². The molecular weight excluding hydrogens is 146 g/mol. The molecule has 0 fully saturated rings. The molecule has 0 aromatic carbocycles. The van der Waals surface area contributed by atoms with E-state index < -0.39 is 12.2 Å². The van der Waals surface area contributed by atoms with Crippen molar-refractivity contribution in [2.24, 2.45) is 0 Å². The summed E-state index contributed by atoms with van der Waals surface area (Å²) >= 11 is 0. The van der Waals surface area contributed by atoms with E-state index in [9.17, 15) is 4.79 Å². The van der Waals surface area contributed by atoms with E-state index >= 15 is 0 Å². The molecule has 1 unspecified atom stereocenters. The molecule has 0 radical (unpaired) electrons. The fourth-order valence-electron chi connectivity index (χ4n) is 0.474. The van der Waals surface area contributed by atoms with E-state index in [0.29, 0.717) is 6.54 Å². The van der Waals surface area contributed by atoms with Crippen LogP contribution in [0.2, 0.25) is 0 Å². The van der Waals surface area contributed by atoms with Gasteiger partial charge in [-0.05, 0) is 13.3 Å². The number of carbonyl (C=O) groups is 1. The van der Waals surface area contributed by atoms with Crippen LogP contribution in [0.3, 0.4) is 0 Å². The Balaban J connectivity index is 3.23. The molecule has 0 bridgehead atoms. The molecule has 0 heterocycles. The zero-order chi connectivity index (χ0) is 8.69. The average Bonchev–Trinajstić information content (AvgIpc) is 1.97. The zero-order valence-corrected chi connectivity index (χ0v) is 6.96. The molecular formula is C7H15NO3. The molecule has 0 aliphatic heterocycles. The maximum Gasteiger partial charge on any atom is 0.407 e. The van der Waals surface area contributed by atoms with Crippen molar-refractivity contribution in [1.29, 1.82) is 0 Å². The Morgan fingerprint density at radius 1 is 1.73 bits per heavy atom. The lowest BCUT2D eigenvalue weighted by Crippen LogP contribution is -2.27. The van der Waals surface area contributed by atoms with Gasteiger partial charge in [0.1, 0.15) is 6.61 Å². The van der Waals surface area contributed by atoms with Crippen LogP contribution >= 0.6 is 0 Å². The molecule has 4 heteroatoms. The monoisotopic (exact) mass is 161 g/mol. The topological polar surface area (TPSA) is 58.6 Å². The van der Waals surface area contributed by atoms with Crippen molar-refractivity contribution in [3.63, 3.8) is 0 Å². The van der Waals surface area contributed by atoms with Gasteiger partial charge in [0, 0.05) is 6.54 Å². The summed E-state index contributed by atoms with van der Waals surface area (Å²) in [6.07, 6.45) is -0.181. The van der Waals surface area contributed by atoms with Gasteiger partial charge < -0.3 is 15.2 Å². The van der Waals surface area contributed by atoms with Crippen LogP contribution in [0.4, 0.5) is 4.79 Å². The first kappa shape index (κ1) is 10.2. The lowest BCUT2D eigenvalue weighted by atomic mass is 10.4. The minimum atomic E-state index is -0.595. The number of alkyl carbamates (subject to hydrolysis) is 1. The molecule has 0 aliphatic carbocycles. The summed E-state index contributed by atoms with van der Waals surface area (Å²) in [7, 11) is 0. The molecule has 0 aromatic heterocycles. The van der Waals surface area contributed by atoms with Gasteiger partial charge in [-0.25, -0.2) is 4.79 Å². The van der Waals surface area contributed by atoms with Crippen molar-refractivity contribution in [2.45, 2.75) is 26.4 Å². The van der Waals surface area contributed by atoms with Gasteiger partial charge in [-0.3, -0.25) is 0 Å². The van der Waals surface area contributed by atoms with E-state index in [1.54, 1.807) is 6.92 Å². The van der Waals surface area contributed by atoms with Crippen LogP contribution in [0.5, 0.6) is 0 Å². The number of carbonyl (C=O) groups excluding carboxylic acids is 1. The normalized spacial score (nSPS) is 12.3. The second kappa shape index (κ2) is 5.97. The SMILES string of the molecule is CCCNC(=O)OCC(C)O. The third-order valence-corrected chi connectivity index (χ3v) is 0.975. The van der Waals surface area contributed by atoms with E-state index in [1.807, 2.05) is 6.92 Å². The smallest absolute Gasteiger partial charge is 0.407 e. The molecule has 0 saturated carbocycles. The summed E-state index contributed by atoms with van der Waals surface area (Å²) in [6.45, 7) is 4.18. The molecule has 0 aliphatic rings. The second-order valence-electron chi connectivity index (χ2n) is 2.37. The number of aliphatic hydroxyl groups is 1. The highest BCUT2D eigenvalue weighted by Crippen LogP contribution is 1.83. The Kier molecular flexibility index (Phi) is 5.56. The maximum atomic E-state index is 10.7. The van der Waals surface area contributed by atoms with Gasteiger partial charge in [0.15, 0.2) is 0 Å². The lowest BCUT2D eigenvalue weighted by molar-refractivity contribution is 0.0781. The minimum Gasteiger partial charge on any atom is -0.447 e. The van der Waals surface area contributed by atoms with E-state index in [4.69, 9.17) is 5.11 Å². The molecule has 66 valence electrons. The summed E-state index contributed by atoms with van der Waals surface area (Å²) in [5.74, 6) is 0. The lowest BCUT2D eigenvalue weighted by Gasteiger charge is -2.06. The first-order chi connectivity index (χ1) is 5.16. The Hall–Kier alpha value is -0.770. The van der Waals surface area contributed by atoms with Crippen molar-refractivity contribution in [1.82, 2.24) is 5.32 Å². The third-order valence-electron chi connectivity index (χ3n) is 0.975. The fourth-order valence-corrected chi connectivity index (χ4v) is 0.474. The first-order valence-electron chi connectivity index (χ1n) is 3.75. The molecule has 0 rings (SSSR count). The number of rotatable bonds is 4. The van der Waals surface area contributed by atoms with Crippen LogP contribution in [0.1, 0.15) is 20.3 Å². The van der Waals surface area contributed by atoms with Crippen LogP contribution in [-0.2, 0) is 4.74 Å². The van der Waals surface area contributed by atoms with Crippen LogP contribution in [-0.4, -0.2) is 30.5 Å². The Labute approximate surface area is 66.5 Å². The number of hydrogen-bond donors (Lipinski definition) is 2. The summed E-state index contributed by atoms with van der Waals surface area (Å²) in [6, 6.07) is 0. The second-order valence-corrected chi connectivity index (χ2v) is 2.37. The van der Waals surface area contributed by atoms with Crippen molar-refractivity contribution in [3.8, 4) is 0 Å². The predicted molar refractivity (Wildman–Crippen MR) is 41.3 cm³/mol. The molecule has 0 spiro atoms. The number of ether oxygens (including phenoxy) is 1. The highest BCUT2D eigenvalue weighted by Gasteiger charge is 2.01. The van der Waals surface area contributed by atoms with Gasteiger partial charge in [-0.15, -0.1) is 0 Å². The van der Waals surface area contributed by atoms with Gasteiger partial charge in [0.2, 0.25) is 0 Å². The van der Waals surface area contributed by atoms with E-state index in [2.05, 4.69) is 10.1 Å². The van der Waals surface area contributed by atoms with Crippen LogP contribution < -0.4 is 5.32 Å². The summed E-state index contributed by atoms with van der Waals surface area (Å²) < 4.78 is 4.61. The molecule has 1 amide bonds. The van der Waals surface area contributed by atoms with E-state index in [1.165, 1.54) is 0 Å². The van der Waals surface area contributed by atoms with Gasteiger partial charge in [0.05, 0.1) is 6.10 Å². The van der Waals surface area contributed by atoms with Crippen molar-refractivity contribution >= 4 is 6.09 Å². The molecule has 4 nitrogen and oxygen atoms in total.